The van der Waals surface area contributed by atoms with Gasteiger partial charge in [0.05, 0.1) is 6.10 Å². The molecule has 0 aromatic carbocycles. The average Bonchev–Trinajstić information content (AvgIpc) is 2.84. The Kier molecular flexibility index (Phi) is 3.68. The molecule has 1 heteroatoms. The monoisotopic (exact) mass is 304 g/mol. The highest BCUT2D eigenvalue weighted by atomic mass is 16.3. The van der Waals surface area contributed by atoms with Crippen LogP contribution >= 0.6 is 0 Å². The predicted octanol–water partition coefficient (Wildman–Crippen LogP) is 5.42. The van der Waals surface area contributed by atoms with Gasteiger partial charge in [0, 0.05) is 0 Å². The van der Waals surface area contributed by atoms with Crippen molar-refractivity contribution in [2.75, 3.05) is 0 Å². The summed E-state index contributed by atoms with van der Waals surface area (Å²) >= 11 is 0. The first-order chi connectivity index (χ1) is 10.5. The lowest BCUT2D eigenvalue weighted by atomic mass is 9.44. The second kappa shape index (κ2) is 5.23. The number of aliphatic hydroxyl groups excluding tert-OH is 1. The second-order valence-electron chi connectivity index (χ2n) is 9.81. The van der Waals surface area contributed by atoms with Crippen LogP contribution < -0.4 is 0 Å². The van der Waals surface area contributed by atoms with Gasteiger partial charge in [-0.25, -0.2) is 0 Å². The van der Waals surface area contributed by atoms with Crippen molar-refractivity contribution < 1.29 is 5.11 Å². The normalized spacial score (nSPS) is 57.8. The molecule has 0 aliphatic heterocycles. The van der Waals surface area contributed by atoms with Crippen molar-refractivity contribution in [1.82, 2.24) is 0 Å². The number of fused-ring (bicyclic) bond motifs is 5. The molecule has 0 heterocycles. The Morgan fingerprint density at radius 2 is 1.59 bits per heavy atom. The fourth-order valence-electron chi connectivity index (χ4n) is 8.01. The van der Waals surface area contributed by atoms with Crippen LogP contribution in [0.3, 0.4) is 0 Å². The Balaban J connectivity index is 1.61. The summed E-state index contributed by atoms with van der Waals surface area (Å²) in [6.45, 7) is 7.68. The summed E-state index contributed by atoms with van der Waals surface area (Å²) in [5.41, 5.74) is 1.21. The van der Waals surface area contributed by atoms with E-state index in [4.69, 9.17) is 0 Å². The maximum Gasteiger partial charge on any atom is 0.0543 e. The van der Waals surface area contributed by atoms with Gasteiger partial charge in [0.2, 0.25) is 0 Å². The van der Waals surface area contributed by atoms with E-state index in [0.717, 1.165) is 42.4 Å². The van der Waals surface area contributed by atoms with Gasteiger partial charge in [-0.05, 0) is 98.2 Å². The molecule has 0 aromatic rings. The molecule has 0 bridgehead atoms. The van der Waals surface area contributed by atoms with Gasteiger partial charge in [-0.15, -0.1) is 0 Å². The molecule has 0 amide bonds. The van der Waals surface area contributed by atoms with Crippen LogP contribution in [-0.2, 0) is 0 Å². The minimum atomic E-state index is -0.000524. The highest BCUT2D eigenvalue weighted by Crippen LogP contribution is 2.67. The predicted molar refractivity (Wildman–Crippen MR) is 91.5 cm³/mol. The van der Waals surface area contributed by atoms with Gasteiger partial charge in [0.25, 0.3) is 0 Å². The molecule has 0 radical (unpaired) electrons. The topological polar surface area (TPSA) is 20.2 Å². The average molecular weight is 305 g/mol. The molecular weight excluding hydrogens is 268 g/mol. The van der Waals surface area contributed by atoms with Crippen LogP contribution in [0.15, 0.2) is 0 Å². The van der Waals surface area contributed by atoms with E-state index < -0.39 is 0 Å². The SMILES string of the molecule is CC[C@H]1CC[C@H]2[C@@H]3CC[C@@H]4C[C@@H](O)CC[C@]4(C)[C@H]3CC[C@]12C. The van der Waals surface area contributed by atoms with Gasteiger partial charge >= 0.3 is 0 Å². The Labute approximate surface area is 137 Å². The van der Waals surface area contributed by atoms with E-state index in [2.05, 4.69) is 20.8 Å². The third kappa shape index (κ3) is 2.00. The molecule has 0 aromatic heterocycles. The van der Waals surface area contributed by atoms with Gasteiger partial charge in [-0.2, -0.15) is 0 Å². The summed E-state index contributed by atoms with van der Waals surface area (Å²) in [6.07, 6.45) is 13.7. The molecule has 22 heavy (non-hydrogen) atoms. The van der Waals surface area contributed by atoms with Crippen molar-refractivity contribution in [1.29, 1.82) is 0 Å². The molecule has 1 nitrogen and oxygen atoms in total. The first-order valence-electron chi connectivity index (χ1n) is 10.2. The van der Waals surface area contributed by atoms with Crippen molar-refractivity contribution >= 4 is 0 Å². The summed E-state index contributed by atoms with van der Waals surface area (Å²) in [6, 6.07) is 0. The molecule has 4 rings (SSSR count). The van der Waals surface area contributed by atoms with Crippen molar-refractivity contribution in [3.63, 3.8) is 0 Å². The van der Waals surface area contributed by atoms with Crippen LogP contribution in [0.1, 0.15) is 85.0 Å². The molecule has 4 fully saturated rings. The second-order valence-corrected chi connectivity index (χ2v) is 9.81. The standard InChI is InChI=1S/C21H36O/c1-4-14-6-8-18-17-7-5-15-13-16(22)9-11-21(15,3)19(17)10-12-20(14,18)2/h14-19,22H,4-13H2,1-3H3/t14-,15+,16-,17-,18-,19-,20+,21-/m0/s1. The number of hydrogen-bond acceptors (Lipinski definition) is 1. The van der Waals surface area contributed by atoms with E-state index in [9.17, 15) is 5.11 Å². The van der Waals surface area contributed by atoms with E-state index in [-0.39, 0.29) is 6.10 Å². The van der Waals surface area contributed by atoms with Gasteiger partial charge in [0.15, 0.2) is 0 Å². The molecule has 8 atom stereocenters. The fraction of sp³-hybridized carbons (Fsp3) is 1.00. The molecule has 4 aliphatic rings. The van der Waals surface area contributed by atoms with Crippen LogP contribution in [0.2, 0.25) is 0 Å². The first kappa shape index (κ1) is 15.5. The molecule has 126 valence electrons. The quantitative estimate of drug-likeness (QED) is 0.686. The lowest BCUT2D eigenvalue weighted by molar-refractivity contribution is -0.126. The van der Waals surface area contributed by atoms with Gasteiger partial charge in [-0.1, -0.05) is 27.2 Å². The zero-order valence-electron chi connectivity index (χ0n) is 15.0. The van der Waals surface area contributed by atoms with Crippen LogP contribution in [0.25, 0.3) is 0 Å². The third-order valence-electron chi connectivity index (χ3n) is 9.33. The summed E-state index contributed by atoms with van der Waals surface area (Å²) in [7, 11) is 0. The zero-order chi connectivity index (χ0) is 15.5. The minimum absolute atomic E-state index is 0.000524. The molecule has 0 spiro atoms. The van der Waals surface area contributed by atoms with Gasteiger partial charge in [-0.3, -0.25) is 0 Å². The molecule has 0 unspecified atom stereocenters. The van der Waals surface area contributed by atoms with Gasteiger partial charge in [0.1, 0.15) is 0 Å². The zero-order valence-corrected chi connectivity index (χ0v) is 15.0. The highest BCUT2D eigenvalue weighted by Gasteiger charge is 2.59. The summed E-state index contributed by atoms with van der Waals surface area (Å²) in [4.78, 5) is 0. The van der Waals surface area contributed by atoms with Gasteiger partial charge < -0.3 is 5.11 Å². The third-order valence-corrected chi connectivity index (χ3v) is 9.33. The Morgan fingerprint density at radius 1 is 0.864 bits per heavy atom. The van der Waals surface area contributed by atoms with Crippen LogP contribution in [-0.4, -0.2) is 11.2 Å². The Morgan fingerprint density at radius 3 is 2.36 bits per heavy atom. The van der Waals surface area contributed by atoms with Crippen LogP contribution in [0.4, 0.5) is 0 Å². The van der Waals surface area contributed by atoms with Crippen LogP contribution in [0.5, 0.6) is 0 Å². The first-order valence-corrected chi connectivity index (χ1v) is 10.2. The largest absolute Gasteiger partial charge is 0.393 e. The maximum absolute atomic E-state index is 10.1. The summed E-state index contributed by atoms with van der Waals surface area (Å²) in [5, 5.41) is 10.1. The van der Waals surface area contributed by atoms with Crippen molar-refractivity contribution in [2.24, 2.45) is 40.4 Å². The molecular formula is C21H36O. The molecule has 4 aliphatic carbocycles. The van der Waals surface area contributed by atoms with Crippen LogP contribution in [0, 0.1) is 40.4 Å². The van der Waals surface area contributed by atoms with E-state index in [0.29, 0.717) is 10.8 Å². The lowest BCUT2D eigenvalue weighted by Crippen LogP contribution is -2.53. The van der Waals surface area contributed by atoms with E-state index in [1.165, 1.54) is 51.4 Å². The summed E-state index contributed by atoms with van der Waals surface area (Å²) in [5.74, 6) is 4.79. The van der Waals surface area contributed by atoms with E-state index >= 15 is 0 Å². The van der Waals surface area contributed by atoms with Crippen molar-refractivity contribution in [3.8, 4) is 0 Å². The lowest BCUT2D eigenvalue weighted by Gasteiger charge is -2.61. The highest BCUT2D eigenvalue weighted by molar-refractivity contribution is 5.08. The number of hydrogen-bond donors (Lipinski definition) is 1. The Bertz CT molecular complexity index is 432. The molecule has 1 N–H and O–H groups in total. The van der Waals surface area contributed by atoms with E-state index in [1.54, 1.807) is 0 Å². The Hall–Kier alpha value is -0.0400. The van der Waals surface area contributed by atoms with Crippen molar-refractivity contribution in [3.05, 3.63) is 0 Å². The molecule has 4 saturated carbocycles. The minimum Gasteiger partial charge on any atom is -0.393 e. The number of aliphatic hydroxyl groups is 1. The summed E-state index contributed by atoms with van der Waals surface area (Å²) < 4.78 is 0. The van der Waals surface area contributed by atoms with Crippen molar-refractivity contribution in [2.45, 2.75) is 91.1 Å². The molecule has 0 saturated heterocycles. The van der Waals surface area contributed by atoms with E-state index in [1.807, 2.05) is 0 Å². The smallest absolute Gasteiger partial charge is 0.0543 e. The fourth-order valence-corrected chi connectivity index (χ4v) is 8.01. The number of rotatable bonds is 1. The maximum atomic E-state index is 10.1.